The van der Waals surface area contributed by atoms with Crippen molar-refractivity contribution in [1.29, 1.82) is 0 Å². The number of hydrogen-bond donors (Lipinski definition) is 1. The Labute approximate surface area is 71.8 Å². The average molecular weight is 164 g/mol. The van der Waals surface area contributed by atoms with Crippen LogP contribution in [-0.4, -0.2) is 12.2 Å². The van der Waals surface area contributed by atoms with Gasteiger partial charge in [-0.05, 0) is 35.6 Å². The molecule has 1 aliphatic carbocycles. The predicted octanol–water partition coefficient (Wildman–Crippen LogP) is 2.06. The fraction of sp³-hybridized carbons (Fsp3) is 0.400. The van der Waals surface area contributed by atoms with Crippen molar-refractivity contribution in [2.75, 3.05) is 7.11 Å². The zero-order valence-electron chi connectivity index (χ0n) is 7.29. The molecular weight excluding hydrogens is 152 g/mol. The minimum Gasteiger partial charge on any atom is -0.504 e. The zero-order valence-corrected chi connectivity index (χ0v) is 7.29. The highest BCUT2D eigenvalue weighted by molar-refractivity contribution is 5.52. The molecule has 1 unspecified atom stereocenters. The first-order valence-corrected chi connectivity index (χ1v) is 4.12. The molecule has 0 heterocycles. The third-order valence-electron chi connectivity index (χ3n) is 2.50. The van der Waals surface area contributed by atoms with Gasteiger partial charge in [-0.2, -0.15) is 0 Å². The number of phenolic OH excluding ortho intramolecular Hbond substituents is 1. The van der Waals surface area contributed by atoms with Crippen LogP contribution in [0.3, 0.4) is 0 Å². The van der Waals surface area contributed by atoms with Crippen LogP contribution in [0.2, 0.25) is 0 Å². The number of hydrogen-bond acceptors (Lipinski definition) is 2. The third-order valence-corrected chi connectivity index (χ3v) is 2.50. The van der Waals surface area contributed by atoms with Crippen molar-refractivity contribution < 1.29 is 9.84 Å². The first-order valence-electron chi connectivity index (χ1n) is 4.12. The minimum absolute atomic E-state index is 0.253. The van der Waals surface area contributed by atoms with Crippen molar-refractivity contribution in [2.45, 2.75) is 19.3 Å². The molecule has 0 fully saturated rings. The van der Waals surface area contributed by atoms with Crippen molar-refractivity contribution in [3.05, 3.63) is 23.3 Å². The number of phenols is 1. The lowest BCUT2D eigenvalue weighted by Crippen LogP contribution is -2.13. The van der Waals surface area contributed by atoms with Gasteiger partial charge >= 0.3 is 0 Å². The average Bonchev–Trinajstić information content (AvgIpc) is 2.06. The maximum absolute atomic E-state index is 9.44. The van der Waals surface area contributed by atoms with E-state index in [0.717, 1.165) is 6.42 Å². The molecular formula is C10H12O2. The van der Waals surface area contributed by atoms with E-state index >= 15 is 0 Å². The monoisotopic (exact) mass is 164 g/mol. The summed E-state index contributed by atoms with van der Waals surface area (Å²) >= 11 is 0. The van der Waals surface area contributed by atoms with Crippen LogP contribution in [0.1, 0.15) is 24.0 Å². The van der Waals surface area contributed by atoms with Crippen LogP contribution in [0.15, 0.2) is 12.1 Å². The first-order chi connectivity index (χ1) is 5.72. The van der Waals surface area contributed by atoms with Crippen molar-refractivity contribution in [2.24, 2.45) is 0 Å². The zero-order chi connectivity index (χ0) is 8.72. The molecule has 0 saturated heterocycles. The van der Waals surface area contributed by atoms with E-state index in [1.807, 2.05) is 12.1 Å². The van der Waals surface area contributed by atoms with Gasteiger partial charge in [-0.3, -0.25) is 0 Å². The summed E-state index contributed by atoms with van der Waals surface area (Å²) < 4.78 is 5.00. The van der Waals surface area contributed by atoms with Gasteiger partial charge in [0, 0.05) is 0 Å². The third kappa shape index (κ3) is 0.876. The Bertz CT molecular complexity index is 302. The number of rotatable bonds is 1. The fourth-order valence-corrected chi connectivity index (χ4v) is 1.73. The Morgan fingerprint density at radius 2 is 2.25 bits per heavy atom. The molecule has 0 aromatic heterocycles. The fourth-order valence-electron chi connectivity index (χ4n) is 1.73. The Morgan fingerprint density at radius 1 is 1.50 bits per heavy atom. The Balaban J connectivity index is 2.47. The van der Waals surface area contributed by atoms with Crippen LogP contribution in [0.4, 0.5) is 0 Å². The maximum Gasteiger partial charge on any atom is 0.160 e. The van der Waals surface area contributed by atoms with E-state index in [1.54, 1.807) is 7.11 Å². The van der Waals surface area contributed by atoms with Crippen LogP contribution >= 0.6 is 0 Å². The van der Waals surface area contributed by atoms with Crippen LogP contribution < -0.4 is 4.74 Å². The lowest BCUT2D eigenvalue weighted by molar-refractivity contribution is 0.370. The molecule has 1 N–H and O–H groups in total. The Morgan fingerprint density at radius 3 is 2.83 bits per heavy atom. The highest BCUT2D eigenvalue weighted by Crippen LogP contribution is 2.41. The van der Waals surface area contributed by atoms with Crippen molar-refractivity contribution >= 4 is 0 Å². The van der Waals surface area contributed by atoms with E-state index in [1.165, 1.54) is 11.1 Å². The van der Waals surface area contributed by atoms with Crippen LogP contribution in [0.5, 0.6) is 11.5 Å². The molecule has 0 saturated carbocycles. The smallest absolute Gasteiger partial charge is 0.160 e. The van der Waals surface area contributed by atoms with Gasteiger partial charge in [0.05, 0.1) is 7.11 Å². The second-order valence-corrected chi connectivity index (χ2v) is 3.33. The number of fused-ring (bicyclic) bond motifs is 1. The van der Waals surface area contributed by atoms with Crippen LogP contribution in [0.25, 0.3) is 0 Å². The number of methoxy groups -OCH3 is 1. The van der Waals surface area contributed by atoms with Gasteiger partial charge in [-0.25, -0.2) is 0 Å². The second kappa shape index (κ2) is 2.41. The molecule has 0 amide bonds. The summed E-state index contributed by atoms with van der Waals surface area (Å²) in [4.78, 5) is 0. The molecule has 64 valence electrons. The molecule has 0 radical (unpaired) electrons. The molecule has 2 nitrogen and oxygen atoms in total. The molecule has 2 heteroatoms. The molecule has 12 heavy (non-hydrogen) atoms. The standard InChI is InChI=1S/C10H12O2/c1-6-3-7-4-10(12-2)9(11)5-8(6)7/h4-6,11H,3H2,1-2H3. The SMILES string of the molecule is COc1cc2c(cc1O)C(C)C2. The summed E-state index contributed by atoms with van der Waals surface area (Å²) in [7, 11) is 1.57. The molecule has 1 aromatic rings. The van der Waals surface area contributed by atoms with Crippen molar-refractivity contribution in [3.8, 4) is 11.5 Å². The van der Waals surface area contributed by atoms with Crippen LogP contribution in [-0.2, 0) is 6.42 Å². The molecule has 1 atom stereocenters. The topological polar surface area (TPSA) is 29.5 Å². The van der Waals surface area contributed by atoms with Crippen molar-refractivity contribution in [1.82, 2.24) is 0 Å². The predicted molar refractivity (Wildman–Crippen MR) is 46.8 cm³/mol. The summed E-state index contributed by atoms with van der Waals surface area (Å²) in [6.07, 6.45) is 1.10. The largest absolute Gasteiger partial charge is 0.504 e. The summed E-state index contributed by atoms with van der Waals surface area (Å²) in [6, 6.07) is 3.73. The molecule has 0 bridgehead atoms. The van der Waals surface area contributed by atoms with Crippen molar-refractivity contribution in [3.63, 3.8) is 0 Å². The van der Waals surface area contributed by atoms with Gasteiger partial charge in [0.25, 0.3) is 0 Å². The summed E-state index contributed by atoms with van der Waals surface area (Å²) in [6.45, 7) is 2.16. The van der Waals surface area contributed by atoms with Gasteiger partial charge in [-0.1, -0.05) is 6.92 Å². The second-order valence-electron chi connectivity index (χ2n) is 3.33. The highest BCUT2D eigenvalue weighted by Gasteiger charge is 2.23. The summed E-state index contributed by atoms with van der Waals surface area (Å²) in [5.41, 5.74) is 2.56. The Hall–Kier alpha value is -1.18. The molecule has 1 aromatic carbocycles. The van der Waals surface area contributed by atoms with E-state index in [0.29, 0.717) is 11.7 Å². The van der Waals surface area contributed by atoms with Gasteiger partial charge in [0.2, 0.25) is 0 Å². The van der Waals surface area contributed by atoms with Gasteiger partial charge in [0.15, 0.2) is 11.5 Å². The number of benzene rings is 1. The molecule has 2 rings (SSSR count). The molecule has 1 aliphatic rings. The van der Waals surface area contributed by atoms with E-state index < -0.39 is 0 Å². The van der Waals surface area contributed by atoms with E-state index in [2.05, 4.69) is 6.92 Å². The normalized spacial score (nSPS) is 19.7. The number of ether oxygens (including phenoxy) is 1. The molecule has 0 spiro atoms. The van der Waals surface area contributed by atoms with Gasteiger partial charge in [-0.15, -0.1) is 0 Å². The minimum atomic E-state index is 0.253. The number of aromatic hydroxyl groups is 1. The summed E-state index contributed by atoms with van der Waals surface area (Å²) in [5, 5.41) is 9.44. The van der Waals surface area contributed by atoms with Gasteiger partial charge < -0.3 is 9.84 Å². The van der Waals surface area contributed by atoms with E-state index in [-0.39, 0.29) is 5.75 Å². The van der Waals surface area contributed by atoms with Crippen LogP contribution in [0, 0.1) is 0 Å². The quantitative estimate of drug-likeness (QED) is 0.688. The lowest BCUT2D eigenvalue weighted by atomic mass is 9.79. The Kier molecular flexibility index (Phi) is 1.50. The van der Waals surface area contributed by atoms with Gasteiger partial charge in [0.1, 0.15) is 0 Å². The summed E-state index contributed by atoms with van der Waals surface area (Å²) in [5.74, 6) is 1.43. The molecule has 0 aliphatic heterocycles. The maximum atomic E-state index is 9.44. The lowest BCUT2D eigenvalue weighted by Gasteiger charge is -2.27. The van der Waals surface area contributed by atoms with E-state index in [4.69, 9.17) is 4.74 Å². The van der Waals surface area contributed by atoms with E-state index in [9.17, 15) is 5.11 Å². The highest BCUT2D eigenvalue weighted by atomic mass is 16.5. The first kappa shape index (κ1) is 7.47.